The van der Waals surface area contributed by atoms with Crippen molar-refractivity contribution in [2.45, 2.75) is 50.2 Å². The fourth-order valence-electron chi connectivity index (χ4n) is 5.67. The summed E-state index contributed by atoms with van der Waals surface area (Å²) in [4.78, 5) is 24.7. The minimum Gasteiger partial charge on any atom is -0.493 e. The molecule has 2 aliphatic carbocycles. The molecule has 2 fully saturated rings. The maximum Gasteiger partial charge on any atom is 0.330 e. The van der Waals surface area contributed by atoms with Crippen molar-refractivity contribution in [2.75, 3.05) is 20.7 Å². The minimum absolute atomic E-state index is 0.0933. The Bertz CT molecular complexity index is 851. The van der Waals surface area contributed by atoms with Gasteiger partial charge in [0.2, 0.25) is 0 Å². The lowest BCUT2D eigenvalue weighted by Crippen LogP contribution is -2.65. The van der Waals surface area contributed by atoms with E-state index >= 15 is 0 Å². The molecule has 2 aliphatic heterocycles. The first kappa shape index (κ1) is 19.0. The van der Waals surface area contributed by atoms with Crippen molar-refractivity contribution in [1.29, 1.82) is 0 Å². The normalized spacial score (nSPS) is 31.8. The van der Waals surface area contributed by atoms with Crippen LogP contribution in [-0.2, 0) is 21.4 Å². The van der Waals surface area contributed by atoms with E-state index in [4.69, 9.17) is 14.6 Å². The number of benzene rings is 1. The minimum atomic E-state index is -0.935. The van der Waals surface area contributed by atoms with Gasteiger partial charge in [0.05, 0.1) is 7.11 Å². The number of carbonyl (C=O) groups is 2. The average Bonchev–Trinajstić information content (AvgIpc) is 3.02. The lowest BCUT2D eigenvalue weighted by atomic mass is 9.52. The van der Waals surface area contributed by atoms with E-state index in [1.165, 1.54) is 18.1 Å². The summed E-state index contributed by atoms with van der Waals surface area (Å²) in [6.07, 6.45) is 3.47. The smallest absolute Gasteiger partial charge is 0.330 e. The van der Waals surface area contributed by atoms with E-state index in [0.717, 1.165) is 37.3 Å². The Balaban J connectivity index is 0.000000283. The zero-order chi connectivity index (χ0) is 20.2. The number of Topliss-reactive ketones (excluding diaryl/α,β-unsaturated/α-hetero) is 1. The number of carbonyl (C=O) groups excluding carboxylic acids is 1. The molecule has 5 rings (SSSR count). The van der Waals surface area contributed by atoms with E-state index < -0.39 is 5.97 Å². The van der Waals surface area contributed by atoms with Crippen LogP contribution in [0, 0.1) is 5.92 Å². The second kappa shape index (κ2) is 6.62. The first-order valence-electron chi connectivity index (χ1n) is 9.80. The first-order chi connectivity index (χ1) is 13.3. The van der Waals surface area contributed by atoms with Crippen LogP contribution in [-0.4, -0.2) is 54.6 Å². The number of aliphatic carboxylic acids is 1. The van der Waals surface area contributed by atoms with E-state index in [-0.39, 0.29) is 22.9 Å². The summed E-state index contributed by atoms with van der Waals surface area (Å²) in [5.74, 6) is 1.52. The van der Waals surface area contributed by atoms with Crippen LogP contribution in [0.25, 0.3) is 0 Å². The molecule has 6 heteroatoms. The van der Waals surface area contributed by atoms with Crippen LogP contribution in [0.3, 0.4) is 0 Å². The lowest BCUT2D eigenvalue weighted by Gasteiger charge is -2.57. The molecule has 1 aromatic rings. The summed E-state index contributed by atoms with van der Waals surface area (Å²) in [7, 11) is 3.91. The van der Waals surface area contributed by atoms with Gasteiger partial charge >= 0.3 is 5.97 Å². The number of ether oxygens (including phenoxy) is 2. The molecule has 0 unspecified atom stereocenters. The van der Waals surface area contributed by atoms with Crippen molar-refractivity contribution >= 4 is 11.8 Å². The molecule has 150 valence electrons. The third kappa shape index (κ3) is 2.50. The van der Waals surface area contributed by atoms with E-state index in [9.17, 15) is 9.59 Å². The van der Waals surface area contributed by atoms with Gasteiger partial charge in [0, 0.05) is 29.0 Å². The number of ketones is 1. The van der Waals surface area contributed by atoms with Gasteiger partial charge in [-0.3, -0.25) is 4.79 Å². The molecular weight excluding hydrogens is 358 g/mol. The van der Waals surface area contributed by atoms with Gasteiger partial charge in [0.15, 0.2) is 23.4 Å². The highest BCUT2D eigenvalue weighted by atomic mass is 16.5. The Hall–Kier alpha value is -2.34. The fraction of sp³-hybridized carbons (Fsp3) is 0.545. The highest BCUT2D eigenvalue weighted by molar-refractivity contribution is 5.89. The van der Waals surface area contributed by atoms with E-state index in [1.54, 1.807) is 7.11 Å². The Kier molecular flexibility index (Phi) is 4.49. The van der Waals surface area contributed by atoms with Crippen molar-refractivity contribution in [2.24, 2.45) is 5.92 Å². The maximum atomic E-state index is 12.6. The van der Waals surface area contributed by atoms with Gasteiger partial charge < -0.3 is 19.5 Å². The van der Waals surface area contributed by atoms with Crippen LogP contribution in [0.5, 0.6) is 11.5 Å². The van der Waals surface area contributed by atoms with Gasteiger partial charge in [-0.1, -0.05) is 12.6 Å². The molecule has 0 amide bonds. The largest absolute Gasteiger partial charge is 0.493 e. The Labute approximate surface area is 165 Å². The number of likely N-dealkylation sites (N-methyl/N-ethyl adjacent to an activating group) is 1. The summed E-state index contributed by atoms with van der Waals surface area (Å²) in [6, 6.07) is 4.73. The van der Waals surface area contributed by atoms with Gasteiger partial charge in [-0.05, 0) is 57.3 Å². The van der Waals surface area contributed by atoms with Gasteiger partial charge in [-0.25, -0.2) is 4.79 Å². The third-order valence-electron chi connectivity index (χ3n) is 6.96. The van der Waals surface area contributed by atoms with Crippen molar-refractivity contribution in [3.63, 3.8) is 0 Å². The molecule has 1 N–H and O–H groups in total. The third-order valence-corrected chi connectivity index (χ3v) is 6.96. The van der Waals surface area contributed by atoms with Crippen molar-refractivity contribution < 1.29 is 24.2 Å². The van der Waals surface area contributed by atoms with Gasteiger partial charge in [-0.2, -0.15) is 0 Å². The van der Waals surface area contributed by atoms with E-state index in [1.807, 2.05) is 6.07 Å². The molecule has 2 heterocycles. The molecule has 2 bridgehead atoms. The molecule has 1 saturated carbocycles. The molecule has 4 aliphatic rings. The second-order valence-corrected chi connectivity index (χ2v) is 8.37. The molecule has 1 spiro atoms. The van der Waals surface area contributed by atoms with Crippen LogP contribution in [0.2, 0.25) is 0 Å². The summed E-state index contributed by atoms with van der Waals surface area (Å²) < 4.78 is 11.8. The summed E-state index contributed by atoms with van der Waals surface area (Å²) in [5.41, 5.74) is 2.75. The van der Waals surface area contributed by atoms with Crippen LogP contribution in [0.1, 0.15) is 37.3 Å². The SMILES string of the molecule is C=C(C)C(=O)O.COc1ccc2c3c1O[C@H]1C(=O)CC[C@H]4[C@@H](C2)N(C)CC[C@]314. The van der Waals surface area contributed by atoms with Crippen molar-refractivity contribution in [1.82, 2.24) is 4.90 Å². The zero-order valence-electron chi connectivity index (χ0n) is 16.7. The second-order valence-electron chi connectivity index (χ2n) is 8.37. The predicted molar refractivity (Wildman–Crippen MR) is 104 cm³/mol. The Morgan fingerprint density at radius 1 is 1.43 bits per heavy atom. The Morgan fingerprint density at radius 3 is 2.79 bits per heavy atom. The highest BCUT2D eigenvalue weighted by Gasteiger charge is 2.65. The number of methoxy groups -OCH3 is 1. The Morgan fingerprint density at radius 2 is 2.14 bits per heavy atom. The number of carboxylic acid groups (broad SMARTS) is 1. The van der Waals surface area contributed by atoms with Crippen molar-refractivity contribution in [3.8, 4) is 11.5 Å². The molecular formula is C22H27NO5. The first-order valence-corrected chi connectivity index (χ1v) is 9.80. The maximum absolute atomic E-state index is 12.6. The number of hydrogen-bond donors (Lipinski definition) is 1. The number of rotatable bonds is 2. The molecule has 1 saturated heterocycles. The molecule has 28 heavy (non-hydrogen) atoms. The number of carboxylic acids is 1. The summed E-state index contributed by atoms with van der Waals surface area (Å²) >= 11 is 0. The van der Waals surface area contributed by atoms with Crippen LogP contribution >= 0.6 is 0 Å². The monoisotopic (exact) mass is 385 g/mol. The number of hydrogen-bond acceptors (Lipinski definition) is 5. The van der Waals surface area contributed by atoms with E-state index in [2.05, 4.69) is 24.6 Å². The standard InChI is InChI=1S/C18H21NO3.C4H6O2/c1-19-8-7-18-11-4-5-13(20)17(18)22-16-14(21-2)6-3-10(15(16)18)9-12(11)19;1-3(2)4(5)6/h3,6,11-12,17H,4-5,7-9H2,1-2H3;1H2,2H3,(H,5,6)/t11-,12+,17-,18-;/m0./s1. The quantitative estimate of drug-likeness (QED) is 0.789. The van der Waals surface area contributed by atoms with Crippen LogP contribution in [0.4, 0.5) is 0 Å². The van der Waals surface area contributed by atoms with Gasteiger partial charge in [-0.15, -0.1) is 0 Å². The van der Waals surface area contributed by atoms with Crippen LogP contribution in [0.15, 0.2) is 24.3 Å². The molecule has 1 aromatic carbocycles. The van der Waals surface area contributed by atoms with Crippen LogP contribution < -0.4 is 9.47 Å². The number of piperidine rings is 1. The molecule has 6 nitrogen and oxygen atoms in total. The van der Waals surface area contributed by atoms with E-state index in [0.29, 0.717) is 18.4 Å². The molecule has 4 atom stereocenters. The van der Waals surface area contributed by atoms with Gasteiger partial charge in [0.1, 0.15) is 0 Å². The highest BCUT2D eigenvalue weighted by Crippen LogP contribution is 2.63. The summed E-state index contributed by atoms with van der Waals surface area (Å²) in [6.45, 7) is 5.65. The van der Waals surface area contributed by atoms with Crippen molar-refractivity contribution in [3.05, 3.63) is 35.4 Å². The fourth-order valence-corrected chi connectivity index (χ4v) is 5.67. The molecule has 0 aromatic heterocycles. The zero-order valence-corrected chi connectivity index (χ0v) is 16.7. The topological polar surface area (TPSA) is 76.1 Å². The van der Waals surface area contributed by atoms with Gasteiger partial charge in [0.25, 0.3) is 0 Å². The predicted octanol–water partition coefficient (Wildman–Crippen LogP) is 2.58. The lowest BCUT2D eigenvalue weighted by molar-refractivity contribution is -0.138. The summed E-state index contributed by atoms with van der Waals surface area (Å²) in [5, 5.41) is 7.89. The average molecular weight is 385 g/mol. The number of likely N-dealkylation sites (tertiary alicyclic amines) is 1. The molecule has 0 radical (unpaired) electrons. The number of nitrogens with zero attached hydrogens (tertiary/aromatic N) is 1.